The van der Waals surface area contributed by atoms with E-state index < -0.39 is 0 Å². The van der Waals surface area contributed by atoms with Crippen molar-refractivity contribution in [3.05, 3.63) is 83.0 Å². The molecule has 0 aliphatic carbocycles. The van der Waals surface area contributed by atoms with Crippen LogP contribution in [0.4, 0.5) is 0 Å². The number of phenols is 2. The van der Waals surface area contributed by atoms with Crippen LogP contribution in [-0.4, -0.2) is 40.6 Å². The van der Waals surface area contributed by atoms with Gasteiger partial charge in [-0.05, 0) is 65.6 Å². The van der Waals surface area contributed by atoms with Crippen LogP contribution in [0.1, 0.15) is 31.9 Å². The van der Waals surface area contributed by atoms with Crippen LogP contribution in [0.3, 0.4) is 0 Å². The lowest BCUT2D eigenvalue weighted by Gasteiger charge is -2.22. The van der Waals surface area contributed by atoms with Gasteiger partial charge in [0.2, 0.25) is 0 Å². The summed E-state index contributed by atoms with van der Waals surface area (Å²) in [6.07, 6.45) is 1.54. The first-order valence-electron chi connectivity index (χ1n) is 10.9. The Morgan fingerprint density at radius 3 is 2.31 bits per heavy atom. The number of nitrogens with zero attached hydrogens (tertiary/aromatic N) is 6. The normalized spacial score (nSPS) is 11.2. The molecule has 0 aliphatic heterocycles. The molecule has 0 unspecified atom stereocenters. The summed E-state index contributed by atoms with van der Waals surface area (Å²) in [4.78, 5) is 1.47. The van der Waals surface area contributed by atoms with Crippen LogP contribution in [0.25, 0.3) is 28.0 Å². The molecule has 5 aromatic rings. The van der Waals surface area contributed by atoms with E-state index in [1.165, 1.54) is 11.0 Å². The van der Waals surface area contributed by atoms with Crippen LogP contribution >= 0.6 is 11.6 Å². The first-order chi connectivity index (χ1) is 16.6. The molecule has 2 heterocycles. The van der Waals surface area contributed by atoms with Crippen LogP contribution in [0, 0.1) is 6.92 Å². The quantitative estimate of drug-likeness (QED) is 0.331. The molecule has 2 aromatic heterocycles. The van der Waals surface area contributed by atoms with Gasteiger partial charge in [-0.25, -0.2) is 0 Å². The van der Waals surface area contributed by atoms with Crippen molar-refractivity contribution in [3.63, 3.8) is 0 Å². The number of para-hydroxylation sites is 1. The van der Waals surface area contributed by atoms with Crippen molar-refractivity contribution in [2.45, 2.75) is 33.1 Å². The number of rotatable bonds is 2. The Kier molecular flexibility index (Phi) is 6.66. The third-order valence-corrected chi connectivity index (χ3v) is 5.52. The van der Waals surface area contributed by atoms with Crippen LogP contribution in [0.15, 0.2) is 66.9 Å². The predicted molar refractivity (Wildman–Crippen MR) is 136 cm³/mol. The smallest absolute Gasteiger partial charge is 0.146 e. The maximum absolute atomic E-state index is 10.7. The number of hydrogen-bond acceptors (Lipinski definition) is 7. The Morgan fingerprint density at radius 2 is 1.63 bits per heavy atom. The van der Waals surface area contributed by atoms with E-state index >= 15 is 0 Å². The van der Waals surface area contributed by atoms with Gasteiger partial charge in [0.15, 0.2) is 0 Å². The lowest BCUT2D eigenvalue weighted by Crippen LogP contribution is -2.13. The largest absolute Gasteiger partial charge is 0.507 e. The van der Waals surface area contributed by atoms with Gasteiger partial charge >= 0.3 is 0 Å². The van der Waals surface area contributed by atoms with Gasteiger partial charge in [0, 0.05) is 16.1 Å². The van der Waals surface area contributed by atoms with Crippen LogP contribution < -0.4 is 0 Å². The molecule has 178 valence electrons. The molecule has 5 rings (SSSR count). The van der Waals surface area contributed by atoms with Gasteiger partial charge in [-0.2, -0.15) is 0 Å². The minimum absolute atomic E-state index is 0.166. The molecule has 0 fully saturated rings. The van der Waals surface area contributed by atoms with E-state index in [4.69, 9.17) is 11.6 Å². The van der Waals surface area contributed by atoms with Gasteiger partial charge in [-0.1, -0.05) is 50.6 Å². The number of benzene rings is 3. The first kappa shape index (κ1) is 24.1. The second kappa shape index (κ2) is 9.68. The fourth-order valence-corrected chi connectivity index (χ4v) is 3.72. The Labute approximate surface area is 207 Å². The molecule has 3 aromatic carbocycles. The minimum Gasteiger partial charge on any atom is -0.507 e. The van der Waals surface area contributed by atoms with Gasteiger partial charge in [0.25, 0.3) is 0 Å². The number of halogens is 1. The van der Waals surface area contributed by atoms with Crippen molar-refractivity contribution < 1.29 is 10.2 Å². The third-order valence-electron chi connectivity index (χ3n) is 5.28. The fraction of sp³-hybridized carbons (Fsp3) is 0.192. The summed E-state index contributed by atoms with van der Waals surface area (Å²) in [6.45, 7) is 8.20. The number of aryl methyl sites for hydroxylation is 1. The lowest BCUT2D eigenvalue weighted by atomic mass is 9.85. The standard InChI is InChI=1S/C17H18ClN3O.C9H7N3O/c1-10-7-12(17(2,3)4)16(22)15(8-10)21-19-13-6-5-11(18)9-14(13)20-21;13-9-4-2-1-3-7(9)8-5-6-10-12-11-8/h5-9,22H,1-4H3;1-6,13H. The van der Waals surface area contributed by atoms with Crippen LogP contribution in [0.2, 0.25) is 5.02 Å². The van der Waals surface area contributed by atoms with E-state index in [9.17, 15) is 10.2 Å². The van der Waals surface area contributed by atoms with E-state index in [-0.39, 0.29) is 16.9 Å². The van der Waals surface area contributed by atoms with Crippen molar-refractivity contribution in [1.29, 1.82) is 0 Å². The second-order valence-electron chi connectivity index (χ2n) is 9.08. The topological polar surface area (TPSA) is 110 Å². The monoisotopic (exact) mass is 488 g/mol. The Hall–Kier alpha value is -4.04. The molecule has 0 radical (unpaired) electrons. The number of aromatic hydroxyl groups is 2. The summed E-state index contributed by atoms with van der Waals surface area (Å²) < 4.78 is 0. The Balaban J connectivity index is 0.000000189. The zero-order valence-corrected chi connectivity index (χ0v) is 20.6. The van der Waals surface area contributed by atoms with Gasteiger partial charge in [-0.3, -0.25) is 0 Å². The van der Waals surface area contributed by atoms with Gasteiger partial charge < -0.3 is 10.2 Å². The van der Waals surface area contributed by atoms with E-state index in [0.29, 0.717) is 27.5 Å². The molecule has 0 amide bonds. The number of aromatic nitrogens is 6. The van der Waals surface area contributed by atoms with Crippen LogP contribution in [-0.2, 0) is 5.41 Å². The zero-order chi connectivity index (χ0) is 25.2. The molecule has 35 heavy (non-hydrogen) atoms. The van der Waals surface area contributed by atoms with E-state index in [1.807, 2.05) is 31.2 Å². The van der Waals surface area contributed by atoms with Gasteiger partial charge in [0.1, 0.15) is 28.2 Å². The highest BCUT2D eigenvalue weighted by molar-refractivity contribution is 6.31. The van der Waals surface area contributed by atoms with Gasteiger partial charge in [0.05, 0.1) is 11.9 Å². The average Bonchev–Trinajstić information content (AvgIpc) is 3.24. The fourth-order valence-electron chi connectivity index (χ4n) is 3.55. The molecule has 0 saturated heterocycles. The van der Waals surface area contributed by atoms with Crippen molar-refractivity contribution in [1.82, 2.24) is 30.4 Å². The highest BCUT2D eigenvalue weighted by Crippen LogP contribution is 2.36. The van der Waals surface area contributed by atoms with E-state index in [1.54, 1.807) is 36.4 Å². The second-order valence-corrected chi connectivity index (χ2v) is 9.51. The highest BCUT2D eigenvalue weighted by Gasteiger charge is 2.22. The molecule has 0 bridgehead atoms. The molecular weight excluding hydrogens is 464 g/mol. The van der Waals surface area contributed by atoms with Crippen molar-refractivity contribution in [3.8, 4) is 28.4 Å². The average molecular weight is 489 g/mol. The van der Waals surface area contributed by atoms with Crippen molar-refractivity contribution >= 4 is 22.6 Å². The maximum Gasteiger partial charge on any atom is 0.146 e. The molecule has 0 aliphatic rings. The molecule has 0 saturated carbocycles. The summed E-state index contributed by atoms with van der Waals surface area (Å²) in [5, 5.41) is 40.4. The van der Waals surface area contributed by atoms with Gasteiger partial charge in [-0.15, -0.1) is 25.2 Å². The summed E-state index contributed by atoms with van der Waals surface area (Å²) >= 11 is 5.99. The summed E-state index contributed by atoms with van der Waals surface area (Å²) in [5.74, 6) is 0.410. The third kappa shape index (κ3) is 5.38. The Morgan fingerprint density at radius 1 is 0.886 bits per heavy atom. The highest BCUT2D eigenvalue weighted by atomic mass is 35.5. The van der Waals surface area contributed by atoms with E-state index in [0.717, 1.165) is 16.6 Å². The lowest BCUT2D eigenvalue weighted by molar-refractivity contribution is 0.440. The Bertz CT molecular complexity index is 1480. The molecule has 2 N–H and O–H groups in total. The number of fused-ring (bicyclic) bond motifs is 1. The summed E-state index contributed by atoms with van der Waals surface area (Å²) in [7, 11) is 0. The molecule has 9 heteroatoms. The molecular formula is C26H25ClN6O2. The summed E-state index contributed by atoms with van der Waals surface area (Å²) in [6, 6.07) is 17.9. The van der Waals surface area contributed by atoms with Crippen molar-refractivity contribution in [2.24, 2.45) is 0 Å². The first-order valence-corrected chi connectivity index (χ1v) is 11.3. The summed E-state index contributed by atoms with van der Waals surface area (Å²) in [5.41, 5.74) is 5.07. The number of phenolic OH excluding ortho intramolecular Hbond substituents is 2. The van der Waals surface area contributed by atoms with Crippen molar-refractivity contribution in [2.75, 3.05) is 0 Å². The minimum atomic E-state index is -0.166. The molecule has 8 nitrogen and oxygen atoms in total. The molecule has 0 spiro atoms. The zero-order valence-electron chi connectivity index (χ0n) is 19.8. The molecule has 0 atom stereocenters. The number of hydrogen-bond donors (Lipinski definition) is 2. The maximum atomic E-state index is 10.7. The van der Waals surface area contributed by atoms with E-state index in [2.05, 4.69) is 46.4 Å². The predicted octanol–water partition coefficient (Wildman–Crippen LogP) is 5.63. The SMILES string of the molecule is Cc1cc(-n2nc3ccc(Cl)cc3n2)c(O)c(C(C)(C)C)c1.Oc1ccccc1-c1ccnnn1. The van der Waals surface area contributed by atoms with Crippen LogP contribution in [0.5, 0.6) is 11.5 Å².